The maximum Gasteiger partial charge on any atom is 0.225 e. The van der Waals surface area contributed by atoms with Crippen molar-refractivity contribution >= 4 is 11.6 Å². The van der Waals surface area contributed by atoms with Gasteiger partial charge in [0, 0.05) is 44.3 Å². The average Bonchev–Trinajstić information content (AvgIpc) is 2.69. The van der Waals surface area contributed by atoms with Gasteiger partial charge in [-0.15, -0.1) is 0 Å². The first-order valence-corrected chi connectivity index (χ1v) is 9.67. The number of nitrogens with zero attached hydrogens (tertiary/aromatic N) is 2. The molecule has 0 atom stereocenters. The second-order valence-electron chi connectivity index (χ2n) is 7.15. The Hall–Kier alpha value is -1.66. The van der Waals surface area contributed by atoms with Crippen molar-refractivity contribution in [2.45, 2.75) is 45.3 Å². The Morgan fingerprint density at radius 1 is 1.19 bits per heavy atom. The van der Waals surface area contributed by atoms with Crippen molar-refractivity contribution in [1.82, 2.24) is 4.90 Å². The standard InChI is InChI=1S/C20H29FN2O3/c1-2-26-17-8-6-15(7-9-17)20(25)23-12-10-22(11-13-23)18-5-3-4-16(14-24)19(18)21/h3-5,15,17,24H,2,6-14H2,1H3/t15-,17+. The number of halogens is 1. The van der Waals surface area contributed by atoms with Gasteiger partial charge in [-0.3, -0.25) is 4.79 Å². The van der Waals surface area contributed by atoms with Crippen molar-refractivity contribution in [1.29, 1.82) is 0 Å². The van der Waals surface area contributed by atoms with Crippen molar-refractivity contribution in [2.75, 3.05) is 37.7 Å². The first-order chi connectivity index (χ1) is 12.6. The highest BCUT2D eigenvalue weighted by Gasteiger charge is 2.31. The summed E-state index contributed by atoms with van der Waals surface area (Å²) >= 11 is 0. The molecule has 0 radical (unpaired) electrons. The molecule has 1 saturated carbocycles. The highest BCUT2D eigenvalue weighted by atomic mass is 19.1. The molecule has 2 aliphatic rings. The number of rotatable bonds is 5. The first kappa shape index (κ1) is 19.1. The summed E-state index contributed by atoms with van der Waals surface area (Å²) in [6.07, 6.45) is 4.03. The maximum absolute atomic E-state index is 14.4. The van der Waals surface area contributed by atoms with E-state index in [1.54, 1.807) is 18.2 Å². The number of amides is 1. The third-order valence-electron chi connectivity index (χ3n) is 5.59. The Morgan fingerprint density at radius 3 is 2.50 bits per heavy atom. The Labute approximate surface area is 154 Å². The SMILES string of the molecule is CCO[C@H]1CC[C@@H](C(=O)N2CCN(c3cccc(CO)c3F)CC2)CC1. The van der Waals surface area contributed by atoms with Crippen LogP contribution in [-0.2, 0) is 16.1 Å². The smallest absolute Gasteiger partial charge is 0.225 e. The molecule has 0 aromatic heterocycles. The van der Waals surface area contributed by atoms with Crippen LogP contribution in [0.4, 0.5) is 10.1 Å². The highest BCUT2D eigenvalue weighted by molar-refractivity contribution is 5.79. The van der Waals surface area contributed by atoms with Crippen LogP contribution < -0.4 is 4.90 Å². The lowest BCUT2D eigenvalue weighted by Gasteiger charge is -2.39. The minimum Gasteiger partial charge on any atom is -0.392 e. The fourth-order valence-corrected chi connectivity index (χ4v) is 4.07. The number of aliphatic hydroxyl groups excluding tert-OH is 1. The molecule has 0 spiro atoms. The van der Waals surface area contributed by atoms with Gasteiger partial charge in [-0.1, -0.05) is 12.1 Å². The van der Waals surface area contributed by atoms with Crippen LogP contribution in [0.2, 0.25) is 0 Å². The number of ether oxygens (including phenoxy) is 1. The lowest BCUT2D eigenvalue weighted by molar-refractivity contribution is -0.137. The lowest BCUT2D eigenvalue weighted by atomic mass is 9.86. The maximum atomic E-state index is 14.4. The molecular weight excluding hydrogens is 335 g/mol. The average molecular weight is 364 g/mol. The topological polar surface area (TPSA) is 53.0 Å². The van der Waals surface area contributed by atoms with Crippen molar-refractivity contribution in [2.24, 2.45) is 5.92 Å². The van der Waals surface area contributed by atoms with Crippen LogP contribution in [0.25, 0.3) is 0 Å². The van der Waals surface area contributed by atoms with Crippen LogP contribution in [0.15, 0.2) is 18.2 Å². The number of hydrogen-bond acceptors (Lipinski definition) is 4. The van der Waals surface area contributed by atoms with E-state index in [-0.39, 0.29) is 24.2 Å². The van der Waals surface area contributed by atoms with Crippen molar-refractivity contribution in [3.8, 4) is 0 Å². The highest BCUT2D eigenvalue weighted by Crippen LogP contribution is 2.29. The number of carbonyl (C=O) groups excluding carboxylic acids is 1. The van der Waals surface area contributed by atoms with E-state index in [2.05, 4.69) is 0 Å². The van der Waals surface area contributed by atoms with E-state index in [0.717, 1.165) is 32.3 Å². The zero-order chi connectivity index (χ0) is 18.5. The minimum atomic E-state index is -0.357. The number of carbonyl (C=O) groups is 1. The van der Waals surface area contributed by atoms with Crippen LogP contribution in [0, 0.1) is 11.7 Å². The lowest BCUT2D eigenvalue weighted by Crippen LogP contribution is -2.51. The van der Waals surface area contributed by atoms with Crippen LogP contribution in [0.1, 0.15) is 38.2 Å². The molecule has 0 bridgehead atoms. The fourth-order valence-electron chi connectivity index (χ4n) is 4.07. The molecule has 5 nitrogen and oxygen atoms in total. The molecule has 1 N–H and O–H groups in total. The predicted molar refractivity (Wildman–Crippen MR) is 98.5 cm³/mol. The van der Waals surface area contributed by atoms with Crippen molar-refractivity contribution < 1.29 is 19.0 Å². The van der Waals surface area contributed by atoms with Gasteiger partial charge < -0.3 is 19.6 Å². The largest absolute Gasteiger partial charge is 0.392 e. The predicted octanol–water partition coefficient (Wildman–Crippen LogP) is 2.56. The zero-order valence-electron chi connectivity index (χ0n) is 15.5. The quantitative estimate of drug-likeness (QED) is 0.872. The molecule has 1 heterocycles. The summed E-state index contributed by atoms with van der Waals surface area (Å²) in [5.74, 6) is -0.0130. The molecule has 26 heavy (non-hydrogen) atoms. The summed E-state index contributed by atoms with van der Waals surface area (Å²) in [6.45, 7) is 4.91. The van der Waals surface area contributed by atoms with Gasteiger partial charge >= 0.3 is 0 Å². The third-order valence-corrected chi connectivity index (χ3v) is 5.59. The van der Waals surface area contributed by atoms with Crippen molar-refractivity contribution in [3.05, 3.63) is 29.6 Å². The minimum absolute atomic E-state index is 0.104. The van der Waals surface area contributed by atoms with Gasteiger partial charge in [0.25, 0.3) is 0 Å². The van der Waals surface area contributed by atoms with Gasteiger partial charge in [0.05, 0.1) is 18.4 Å². The molecule has 2 fully saturated rings. The molecule has 1 aromatic carbocycles. The Bertz CT molecular complexity index is 609. The Balaban J connectivity index is 1.53. The zero-order valence-corrected chi connectivity index (χ0v) is 15.5. The Kier molecular flexibility index (Phi) is 6.48. The summed E-state index contributed by atoms with van der Waals surface area (Å²) in [4.78, 5) is 16.7. The monoisotopic (exact) mass is 364 g/mol. The normalized spacial score (nSPS) is 24.0. The number of benzene rings is 1. The van der Waals surface area contributed by atoms with Crippen molar-refractivity contribution in [3.63, 3.8) is 0 Å². The van der Waals surface area contributed by atoms with Crippen LogP contribution in [0.3, 0.4) is 0 Å². The summed E-state index contributed by atoms with van der Waals surface area (Å²) in [7, 11) is 0. The van der Waals surface area contributed by atoms with E-state index in [1.165, 1.54) is 0 Å². The van der Waals surface area contributed by atoms with Gasteiger partial charge in [-0.05, 0) is 38.7 Å². The second-order valence-corrected chi connectivity index (χ2v) is 7.15. The van der Waals surface area contributed by atoms with E-state index >= 15 is 0 Å². The van der Waals surface area contributed by atoms with E-state index in [9.17, 15) is 14.3 Å². The van der Waals surface area contributed by atoms with E-state index in [4.69, 9.17) is 4.74 Å². The molecule has 0 unspecified atom stereocenters. The number of piperazine rings is 1. The molecular formula is C20H29FN2O3. The van der Waals surface area contributed by atoms with Gasteiger partial charge in [0.15, 0.2) is 5.82 Å². The second kappa shape index (κ2) is 8.82. The number of anilines is 1. The summed E-state index contributed by atoms with van der Waals surface area (Å²) in [6, 6.07) is 5.09. The van der Waals surface area contributed by atoms with Crippen LogP contribution in [-0.4, -0.2) is 54.8 Å². The molecule has 1 saturated heterocycles. The van der Waals surface area contributed by atoms with Crippen LogP contribution >= 0.6 is 0 Å². The van der Waals surface area contributed by atoms with E-state index < -0.39 is 0 Å². The molecule has 1 aliphatic carbocycles. The van der Waals surface area contributed by atoms with E-state index in [1.807, 2.05) is 16.7 Å². The van der Waals surface area contributed by atoms with Gasteiger partial charge in [-0.2, -0.15) is 0 Å². The van der Waals surface area contributed by atoms with Gasteiger partial charge in [0.1, 0.15) is 0 Å². The molecule has 1 amide bonds. The molecule has 1 aromatic rings. The molecule has 1 aliphatic heterocycles. The Morgan fingerprint density at radius 2 is 1.88 bits per heavy atom. The molecule has 3 rings (SSSR count). The number of aliphatic hydroxyl groups is 1. The summed E-state index contributed by atoms with van der Waals surface area (Å²) < 4.78 is 20.1. The van der Waals surface area contributed by atoms with Crippen LogP contribution in [0.5, 0.6) is 0 Å². The third kappa shape index (κ3) is 4.18. The van der Waals surface area contributed by atoms with E-state index in [0.29, 0.717) is 43.5 Å². The molecule has 6 heteroatoms. The van der Waals surface area contributed by atoms with Gasteiger partial charge in [-0.25, -0.2) is 4.39 Å². The molecule has 144 valence electrons. The summed E-state index contributed by atoms with van der Waals surface area (Å²) in [5, 5.41) is 9.23. The number of hydrogen-bond donors (Lipinski definition) is 1. The summed E-state index contributed by atoms with van der Waals surface area (Å²) in [5.41, 5.74) is 0.827. The first-order valence-electron chi connectivity index (χ1n) is 9.67. The fraction of sp³-hybridized carbons (Fsp3) is 0.650. The van der Waals surface area contributed by atoms with Gasteiger partial charge in [0.2, 0.25) is 5.91 Å².